The molecule has 1 aromatic heterocycles. The van der Waals surface area contributed by atoms with Crippen LogP contribution in [0.15, 0.2) is 10.4 Å². The predicted molar refractivity (Wildman–Crippen MR) is 101 cm³/mol. The molecule has 7 heteroatoms. The summed E-state index contributed by atoms with van der Waals surface area (Å²) in [5, 5.41) is 6.63. The lowest BCUT2D eigenvalue weighted by Crippen LogP contribution is -2.40. The van der Waals surface area contributed by atoms with Crippen molar-refractivity contribution in [1.82, 2.24) is 20.1 Å². The number of aliphatic imine (C=N–C) groups is 1. The van der Waals surface area contributed by atoms with Crippen molar-refractivity contribution in [1.29, 1.82) is 0 Å². The molecular weight excluding hydrogens is 322 g/mol. The van der Waals surface area contributed by atoms with E-state index in [0.29, 0.717) is 6.04 Å². The summed E-state index contributed by atoms with van der Waals surface area (Å²) in [5.74, 6) is 0.960. The van der Waals surface area contributed by atoms with Crippen LogP contribution in [0, 0.1) is 6.92 Å². The minimum Gasteiger partial charge on any atom is -0.383 e. The SMILES string of the molecule is CCNC(=NCC1CCCN1CCOC)N(C)Cc1csc(C)n1. The molecule has 0 spiro atoms. The van der Waals surface area contributed by atoms with Gasteiger partial charge in [-0.05, 0) is 33.2 Å². The van der Waals surface area contributed by atoms with Crippen molar-refractivity contribution in [2.75, 3.05) is 46.9 Å². The van der Waals surface area contributed by atoms with Crippen LogP contribution < -0.4 is 5.32 Å². The second-order valence-corrected chi connectivity index (χ2v) is 7.30. The van der Waals surface area contributed by atoms with Crippen LogP contribution in [0.25, 0.3) is 0 Å². The number of aromatic nitrogens is 1. The van der Waals surface area contributed by atoms with Gasteiger partial charge in [-0.2, -0.15) is 0 Å². The van der Waals surface area contributed by atoms with E-state index in [0.717, 1.165) is 56.0 Å². The minimum absolute atomic E-state index is 0.531. The maximum absolute atomic E-state index is 5.22. The molecule has 1 aliphatic rings. The lowest BCUT2D eigenvalue weighted by molar-refractivity contribution is 0.142. The van der Waals surface area contributed by atoms with E-state index in [9.17, 15) is 0 Å². The van der Waals surface area contributed by atoms with Gasteiger partial charge in [0.05, 0.1) is 30.4 Å². The fourth-order valence-electron chi connectivity index (χ4n) is 3.07. The number of likely N-dealkylation sites (tertiary alicyclic amines) is 1. The van der Waals surface area contributed by atoms with Crippen molar-refractivity contribution in [2.24, 2.45) is 4.99 Å². The highest BCUT2D eigenvalue weighted by molar-refractivity contribution is 7.09. The summed E-state index contributed by atoms with van der Waals surface area (Å²) in [6, 6.07) is 0.531. The minimum atomic E-state index is 0.531. The zero-order chi connectivity index (χ0) is 17.4. The molecule has 0 saturated carbocycles. The van der Waals surface area contributed by atoms with Crippen LogP contribution in [-0.2, 0) is 11.3 Å². The van der Waals surface area contributed by atoms with Gasteiger partial charge in [0.15, 0.2) is 5.96 Å². The van der Waals surface area contributed by atoms with Gasteiger partial charge >= 0.3 is 0 Å². The van der Waals surface area contributed by atoms with E-state index in [4.69, 9.17) is 9.73 Å². The molecule has 1 saturated heterocycles. The lowest BCUT2D eigenvalue weighted by Gasteiger charge is -2.25. The fourth-order valence-corrected chi connectivity index (χ4v) is 3.67. The third kappa shape index (κ3) is 5.72. The predicted octanol–water partition coefficient (Wildman–Crippen LogP) is 1.96. The quantitative estimate of drug-likeness (QED) is 0.572. The number of methoxy groups -OCH3 is 1. The summed E-state index contributed by atoms with van der Waals surface area (Å²) in [4.78, 5) is 14.1. The molecular formula is C17H31N5OS. The van der Waals surface area contributed by atoms with Crippen molar-refractivity contribution in [3.8, 4) is 0 Å². The number of rotatable bonds is 8. The van der Waals surface area contributed by atoms with Crippen molar-refractivity contribution in [3.05, 3.63) is 16.1 Å². The standard InChI is InChI=1S/C17H31N5OS/c1-5-18-17(21(3)12-15-13-24-14(2)20-15)19-11-16-7-6-8-22(16)9-10-23-4/h13,16H,5-12H2,1-4H3,(H,18,19). The number of thiazole rings is 1. The van der Waals surface area contributed by atoms with Crippen molar-refractivity contribution < 1.29 is 4.74 Å². The Bertz CT molecular complexity index is 519. The molecule has 24 heavy (non-hydrogen) atoms. The number of guanidine groups is 1. The molecule has 1 fully saturated rings. The number of hydrogen-bond donors (Lipinski definition) is 1. The van der Waals surface area contributed by atoms with Crippen LogP contribution in [0.4, 0.5) is 0 Å². The van der Waals surface area contributed by atoms with Gasteiger partial charge in [-0.1, -0.05) is 0 Å². The average Bonchev–Trinajstić information content (AvgIpc) is 3.18. The molecule has 1 aliphatic heterocycles. The second kappa shape index (κ2) is 9.96. The smallest absolute Gasteiger partial charge is 0.194 e. The van der Waals surface area contributed by atoms with Gasteiger partial charge in [0.25, 0.3) is 0 Å². The van der Waals surface area contributed by atoms with Gasteiger partial charge in [0, 0.05) is 38.7 Å². The zero-order valence-electron chi connectivity index (χ0n) is 15.4. The fraction of sp³-hybridized carbons (Fsp3) is 0.765. The first-order chi connectivity index (χ1) is 11.6. The molecule has 0 radical (unpaired) electrons. The largest absolute Gasteiger partial charge is 0.383 e. The molecule has 136 valence electrons. The van der Waals surface area contributed by atoms with Crippen LogP contribution in [0.2, 0.25) is 0 Å². The number of nitrogens with one attached hydrogen (secondary N) is 1. The van der Waals surface area contributed by atoms with E-state index < -0.39 is 0 Å². The first-order valence-corrected chi connectivity index (χ1v) is 9.65. The first kappa shape index (κ1) is 19.1. The normalized spacial score (nSPS) is 19.0. The van der Waals surface area contributed by atoms with Gasteiger partial charge in [0.1, 0.15) is 0 Å². The third-order valence-corrected chi connectivity index (χ3v) is 5.12. The molecule has 1 unspecified atom stereocenters. The topological polar surface area (TPSA) is 53.0 Å². The molecule has 2 rings (SSSR count). The molecule has 0 aromatic carbocycles. The molecule has 0 amide bonds. The highest BCUT2D eigenvalue weighted by atomic mass is 32.1. The number of nitrogens with zero attached hydrogens (tertiary/aromatic N) is 4. The molecule has 2 heterocycles. The van der Waals surface area contributed by atoms with Gasteiger partial charge in [0.2, 0.25) is 0 Å². The van der Waals surface area contributed by atoms with Gasteiger partial charge in [-0.25, -0.2) is 4.98 Å². The van der Waals surface area contributed by atoms with E-state index in [-0.39, 0.29) is 0 Å². The Morgan fingerprint density at radius 3 is 3.08 bits per heavy atom. The highest BCUT2D eigenvalue weighted by Crippen LogP contribution is 2.17. The van der Waals surface area contributed by atoms with Crippen molar-refractivity contribution >= 4 is 17.3 Å². The summed E-state index contributed by atoms with van der Waals surface area (Å²) < 4.78 is 5.22. The third-order valence-electron chi connectivity index (χ3n) is 4.30. The number of ether oxygens (including phenoxy) is 1. The summed E-state index contributed by atoms with van der Waals surface area (Å²) in [6.45, 7) is 9.61. The summed E-state index contributed by atoms with van der Waals surface area (Å²) >= 11 is 1.70. The van der Waals surface area contributed by atoms with Crippen molar-refractivity contribution in [2.45, 2.75) is 39.3 Å². The van der Waals surface area contributed by atoms with Crippen LogP contribution >= 0.6 is 11.3 Å². The Kier molecular flexibility index (Phi) is 7.94. The van der Waals surface area contributed by atoms with Gasteiger partial charge in [-0.3, -0.25) is 9.89 Å². The molecule has 6 nitrogen and oxygen atoms in total. The Morgan fingerprint density at radius 1 is 1.58 bits per heavy atom. The molecule has 0 aliphatic carbocycles. The van der Waals surface area contributed by atoms with Crippen LogP contribution in [-0.4, -0.2) is 73.7 Å². The van der Waals surface area contributed by atoms with E-state index in [1.54, 1.807) is 18.4 Å². The number of hydrogen-bond acceptors (Lipinski definition) is 5. The highest BCUT2D eigenvalue weighted by Gasteiger charge is 2.24. The molecule has 0 bridgehead atoms. The summed E-state index contributed by atoms with van der Waals surface area (Å²) in [6.07, 6.45) is 2.48. The van der Waals surface area contributed by atoms with Crippen LogP contribution in [0.5, 0.6) is 0 Å². The Balaban J connectivity index is 1.93. The van der Waals surface area contributed by atoms with Crippen LogP contribution in [0.1, 0.15) is 30.5 Å². The van der Waals surface area contributed by atoms with E-state index in [1.807, 2.05) is 6.92 Å². The Morgan fingerprint density at radius 2 is 2.42 bits per heavy atom. The monoisotopic (exact) mass is 353 g/mol. The van der Waals surface area contributed by atoms with E-state index in [2.05, 4.69) is 39.5 Å². The van der Waals surface area contributed by atoms with E-state index in [1.165, 1.54) is 12.8 Å². The van der Waals surface area contributed by atoms with Crippen molar-refractivity contribution in [3.63, 3.8) is 0 Å². The summed E-state index contributed by atoms with van der Waals surface area (Å²) in [5.41, 5.74) is 1.10. The lowest BCUT2D eigenvalue weighted by atomic mass is 10.2. The first-order valence-electron chi connectivity index (χ1n) is 8.77. The van der Waals surface area contributed by atoms with E-state index >= 15 is 0 Å². The number of aryl methyl sites for hydroxylation is 1. The average molecular weight is 354 g/mol. The molecule has 1 N–H and O–H groups in total. The van der Waals surface area contributed by atoms with Gasteiger partial charge in [-0.15, -0.1) is 11.3 Å². The second-order valence-electron chi connectivity index (χ2n) is 6.23. The molecule has 1 atom stereocenters. The molecule has 1 aromatic rings. The van der Waals surface area contributed by atoms with Crippen LogP contribution in [0.3, 0.4) is 0 Å². The zero-order valence-corrected chi connectivity index (χ0v) is 16.2. The Hall–Kier alpha value is -1.18. The Labute approximate surface area is 149 Å². The maximum atomic E-state index is 5.22. The summed E-state index contributed by atoms with van der Waals surface area (Å²) in [7, 11) is 3.84. The maximum Gasteiger partial charge on any atom is 0.194 e. The van der Waals surface area contributed by atoms with Gasteiger partial charge < -0.3 is 15.0 Å².